The normalized spacial score (nSPS) is 30.9. The van der Waals surface area contributed by atoms with Crippen LogP contribution in [0.25, 0.3) is 0 Å². The number of carbonyl (C=O) groups is 4. The SMILES string of the molecule is O=CC(=O)C1c2c(ccc(N3CC4CCC3CN4)c2F)CN1C1CCC(=O)NC1=O. The Morgan fingerprint density at radius 2 is 2.03 bits per heavy atom. The van der Waals surface area contributed by atoms with Gasteiger partial charge in [0.05, 0.1) is 11.7 Å². The van der Waals surface area contributed by atoms with Crippen molar-refractivity contribution in [1.82, 2.24) is 15.5 Å². The molecule has 0 radical (unpaired) electrons. The minimum Gasteiger partial charge on any atom is -0.363 e. The van der Waals surface area contributed by atoms with Gasteiger partial charge in [0.15, 0.2) is 12.1 Å². The van der Waals surface area contributed by atoms with E-state index in [4.69, 9.17) is 0 Å². The third kappa shape index (κ3) is 2.95. The molecule has 1 aromatic carbocycles. The number of carbonyl (C=O) groups excluding carboxylic acids is 4. The predicted molar refractivity (Wildman–Crippen MR) is 104 cm³/mol. The number of rotatable bonds is 4. The van der Waals surface area contributed by atoms with Crippen molar-refractivity contribution in [1.29, 1.82) is 0 Å². The fourth-order valence-electron chi connectivity index (χ4n) is 5.39. The lowest BCUT2D eigenvalue weighted by Crippen LogP contribution is -2.61. The van der Waals surface area contributed by atoms with Crippen LogP contribution < -0.4 is 15.5 Å². The van der Waals surface area contributed by atoms with Crippen LogP contribution in [0, 0.1) is 5.82 Å². The topological polar surface area (TPSA) is 98.8 Å². The number of Topliss-reactive ketones (excluding diaryl/α,β-unsaturated/α-hetero) is 1. The molecule has 2 amide bonds. The van der Waals surface area contributed by atoms with Crippen LogP contribution in [0.1, 0.15) is 42.9 Å². The van der Waals surface area contributed by atoms with Crippen LogP contribution in [0.4, 0.5) is 10.1 Å². The summed E-state index contributed by atoms with van der Waals surface area (Å²) in [4.78, 5) is 51.5. The van der Waals surface area contributed by atoms with Gasteiger partial charge in [-0.2, -0.15) is 0 Å². The monoisotopic (exact) mass is 414 g/mol. The van der Waals surface area contributed by atoms with E-state index in [0.717, 1.165) is 19.4 Å². The van der Waals surface area contributed by atoms with Crippen LogP contribution in [0.3, 0.4) is 0 Å². The van der Waals surface area contributed by atoms with E-state index in [1.165, 1.54) is 0 Å². The van der Waals surface area contributed by atoms with Crippen molar-refractivity contribution >= 4 is 29.6 Å². The maximum atomic E-state index is 15.8. The highest BCUT2D eigenvalue weighted by atomic mass is 19.1. The van der Waals surface area contributed by atoms with Crippen molar-refractivity contribution in [2.75, 3.05) is 18.0 Å². The van der Waals surface area contributed by atoms with Gasteiger partial charge in [0, 0.05) is 43.7 Å². The Morgan fingerprint density at radius 1 is 1.20 bits per heavy atom. The zero-order chi connectivity index (χ0) is 21.0. The maximum absolute atomic E-state index is 15.8. The molecule has 0 spiro atoms. The molecule has 5 aliphatic heterocycles. The molecule has 0 aliphatic carbocycles. The van der Waals surface area contributed by atoms with E-state index in [9.17, 15) is 19.2 Å². The smallest absolute Gasteiger partial charge is 0.243 e. The number of hydrogen-bond acceptors (Lipinski definition) is 7. The van der Waals surface area contributed by atoms with Gasteiger partial charge in [0.1, 0.15) is 6.04 Å². The average molecular weight is 414 g/mol. The number of halogens is 1. The standard InChI is InChI=1S/C21H23FN4O4/c22-19-14(25-9-12-2-3-13(25)7-23-12)4-1-11-8-26(20(18(11)19)16(28)10-27)15-5-6-17(29)24-21(15)30/h1,4,10,12-13,15,20,23H,2-3,5-9H2,(H,24,29,30). The second kappa shape index (κ2) is 7.24. The third-order valence-electron chi connectivity index (χ3n) is 6.86. The first-order valence-electron chi connectivity index (χ1n) is 10.4. The minimum atomic E-state index is -1.15. The lowest BCUT2D eigenvalue weighted by Gasteiger charge is -2.47. The molecule has 0 aromatic heterocycles. The number of piperazine rings is 1. The number of aldehydes is 1. The predicted octanol–water partition coefficient (Wildman–Crippen LogP) is 0.196. The molecule has 30 heavy (non-hydrogen) atoms. The lowest BCUT2D eigenvalue weighted by molar-refractivity contribution is -0.141. The largest absolute Gasteiger partial charge is 0.363 e. The Kier molecular flexibility index (Phi) is 4.67. The molecule has 0 saturated carbocycles. The quantitative estimate of drug-likeness (QED) is 0.412. The second-order valence-electron chi connectivity index (χ2n) is 8.52. The molecule has 4 unspecified atom stereocenters. The van der Waals surface area contributed by atoms with Crippen molar-refractivity contribution in [3.05, 3.63) is 29.1 Å². The van der Waals surface area contributed by atoms with Gasteiger partial charge in [-0.3, -0.25) is 29.4 Å². The summed E-state index contributed by atoms with van der Waals surface area (Å²) < 4.78 is 15.8. The van der Waals surface area contributed by atoms with Crippen molar-refractivity contribution in [2.24, 2.45) is 0 Å². The molecule has 4 saturated heterocycles. The average Bonchev–Trinajstić information content (AvgIpc) is 3.14. The summed E-state index contributed by atoms with van der Waals surface area (Å²) >= 11 is 0. The molecule has 2 N–H and O–H groups in total. The summed E-state index contributed by atoms with van der Waals surface area (Å²) in [6.45, 7) is 1.67. The number of piperidine rings is 3. The molecular formula is C21H23FN4O4. The molecule has 9 heteroatoms. The number of ketones is 1. The van der Waals surface area contributed by atoms with Crippen molar-refractivity contribution in [3.8, 4) is 0 Å². The Balaban J connectivity index is 1.53. The Bertz CT molecular complexity index is 943. The van der Waals surface area contributed by atoms with E-state index < -0.39 is 29.6 Å². The molecule has 2 bridgehead atoms. The first-order chi connectivity index (χ1) is 14.5. The Morgan fingerprint density at radius 3 is 2.67 bits per heavy atom. The number of imide groups is 1. The summed E-state index contributed by atoms with van der Waals surface area (Å²) in [5.74, 6) is -2.15. The van der Waals surface area contributed by atoms with Gasteiger partial charge < -0.3 is 10.2 Å². The highest BCUT2D eigenvalue weighted by Crippen LogP contribution is 2.42. The van der Waals surface area contributed by atoms with Gasteiger partial charge in [-0.05, 0) is 30.9 Å². The van der Waals surface area contributed by atoms with Crippen LogP contribution in [-0.4, -0.2) is 60.0 Å². The number of fused-ring (bicyclic) bond motifs is 4. The molecular weight excluding hydrogens is 391 g/mol. The second-order valence-corrected chi connectivity index (χ2v) is 8.52. The molecule has 6 rings (SSSR count). The van der Waals surface area contributed by atoms with Gasteiger partial charge in [-0.1, -0.05) is 6.07 Å². The molecule has 5 heterocycles. The van der Waals surface area contributed by atoms with Crippen LogP contribution in [0.15, 0.2) is 12.1 Å². The van der Waals surface area contributed by atoms with E-state index in [1.807, 2.05) is 0 Å². The van der Waals surface area contributed by atoms with E-state index in [2.05, 4.69) is 15.5 Å². The Hall–Kier alpha value is -2.65. The first kappa shape index (κ1) is 19.3. The lowest BCUT2D eigenvalue weighted by atomic mass is 9.91. The highest BCUT2D eigenvalue weighted by Gasteiger charge is 2.46. The van der Waals surface area contributed by atoms with E-state index in [0.29, 0.717) is 23.8 Å². The molecule has 1 aromatic rings. The van der Waals surface area contributed by atoms with Gasteiger partial charge in [0.25, 0.3) is 0 Å². The number of amides is 2. The molecule has 5 aliphatic rings. The van der Waals surface area contributed by atoms with Gasteiger partial charge in [-0.25, -0.2) is 4.39 Å². The summed E-state index contributed by atoms with van der Waals surface area (Å²) in [6, 6.07) is 2.13. The summed E-state index contributed by atoms with van der Waals surface area (Å²) in [5, 5.41) is 5.72. The summed E-state index contributed by atoms with van der Waals surface area (Å²) in [6.07, 6.45) is 2.61. The first-order valence-corrected chi connectivity index (χ1v) is 10.4. The third-order valence-corrected chi connectivity index (χ3v) is 6.86. The van der Waals surface area contributed by atoms with Gasteiger partial charge in [0.2, 0.25) is 17.6 Å². The van der Waals surface area contributed by atoms with Crippen LogP contribution in [0.5, 0.6) is 0 Å². The van der Waals surface area contributed by atoms with Crippen LogP contribution in [0.2, 0.25) is 0 Å². The van der Waals surface area contributed by atoms with Crippen molar-refractivity contribution < 1.29 is 23.6 Å². The van der Waals surface area contributed by atoms with Crippen molar-refractivity contribution in [3.63, 3.8) is 0 Å². The maximum Gasteiger partial charge on any atom is 0.243 e. The van der Waals surface area contributed by atoms with E-state index >= 15 is 4.39 Å². The number of benzene rings is 1. The number of hydrogen-bond donors (Lipinski definition) is 2. The van der Waals surface area contributed by atoms with Crippen LogP contribution >= 0.6 is 0 Å². The zero-order valence-corrected chi connectivity index (χ0v) is 16.4. The van der Waals surface area contributed by atoms with Crippen molar-refractivity contribution in [2.45, 2.75) is 56.4 Å². The Labute approximate surface area is 172 Å². The molecule has 158 valence electrons. The highest BCUT2D eigenvalue weighted by molar-refractivity contribution is 6.27. The number of nitrogens with one attached hydrogen (secondary N) is 2. The molecule has 4 fully saturated rings. The fraction of sp³-hybridized carbons (Fsp3) is 0.524. The minimum absolute atomic E-state index is 0.142. The molecule has 8 nitrogen and oxygen atoms in total. The van der Waals surface area contributed by atoms with E-state index in [-0.39, 0.29) is 43.2 Å². The summed E-state index contributed by atoms with van der Waals surface area (Å²) in [5.41, 5.74) is 1.23. The van der Waals surface area contributed by atoms with Gasteiger partial charge >= 0.3 is 0 Å². The zero-order valence-electron chi connectivity index (χ0n) is 16.4. The van der Waals surface area contributed by atoms with Gasteiger partial charge in [-0.15, -0.1) is 0 Å². The number of nitrogens with zero attached hydrogens (tertiary/aromatic N) is 2. The molecule has 4 atom stereocenters. The fourth-order valence-corrected chi connectivity index (χ4v) is 5.39. The number of anilines is 1. The van der Waals surface area contributed by atoms with E-state index in [1.54, 1.807) is 17.0 Å². The van der Waals surface area contributed by atoms with Crippen LogP contribution in [-0.2, 0) is 25.7 Å². The summed E-state index contributed by atoms with van der Waals surface area (Å²) in [7, 11) is 0.